The first kappa shape index (κ1) is 16.9. The largest absolute Gasteiger partial charge is 0.497 e. The van der Waals surface area contributed by atoms with Gasteiger partial charge in [-0.25, -0.2) is 4.98 Å². The number of aryl methyl sites for hydroxylation is 1. The number of carbonyl (C=O) groups excluding carboxylic acids is 1. The number of benzene rings is 2. The van der Waals surface area contributed by atoms with Crippen LogP contribution < -0.4 is 10.1 Å². The highest BCUT2D eigenvalue weighted by atomic mass is 32.1. The quantitative estimate of drug-likeness (QED) is 0.674. The van der Waals surface area contributed by atoms with Crippen molar-refractivity contribution in [2.75, 3.05) is 12.4 Å². The van der Waals surface area contributed by atoms with Crippen molar-refractivity contribution in [3.05, 3.63) is 71.1 Å². The van der Waals surface area contributed by atoms with Crippen LogP contribution in [0, 0.1) is 6.92 Å². The van der Waals surface area contributed by atoms with E-state index in [-0.39, 0.29) is 5.91 Å². The van der Waals surface area contributed by atoms with E-state index in [1.807, 2.05) is 60.8 Å². The Balaban J connectivity index is 1.66. The van der Waals surface area contributed by atoms with E-state index in [0.29, 0.717) is 5.13 Å². The van der Waals surface area contributed by atoms with Crippen molar-refractivity contribution in [1.82, 2.24) is 4.98 Å². The summed E-state index contributed by atoms with van der Waals surface area (Å²) in [7, 11) is 1.63. The molecule has 0 radical (unpaired) electrons. The van der Waals surface area contributed by atoms with E-state index in [1.165, 1.54) is 23.0 Å². The molecule has 1 heterocycles. The van der Waals surface area contributed by atoms with Crippen LogP contribution in [0.4, 0.5) is 5.13 Å². The molecule has 0 aliphatic carbocycles. The highest BCUT2D eigenvalue weighted by Crippen LogP contribution is 2.27. The summed E-state index contributed by atoms with van der Waals surface area (Å²) < 4.78 is 5.23. The third-order valence-corrected chi connectivity index (χ3v) is 4.36. The summed E-state index contributed by atoms with van der Waals surface area (Å²) in [6.07, 6.45) is 3.29. The van der Waals surface area contributed by atoms with Gasteiger partial charge in [-0.2, -0.15) is 0 Å². The molecule has 0 spiro atoms. The van der Waals surface area contributed by atoms with Crippen molar-refractivity contribution in [2.24, 2.45) is 0 Å². The average Bonchev–Trinajstić information content (AvgIpc) is 3.10. The van der Waals surface area contributed by atoms with Gasteiger partial charge >= 0.3 is 0 Å². The van der Waals surface area contributed by atoms with Gasteiger partial charge in [0.25, 0.3) is 0 Å². The van der Waals surface area contributed by atoms with Crippen LogP contribution in [0.25, 0.3) is 17.3 Å². The predicted octanol–water partition coefficient (Wildman–Crippen LogP) is 4.78. The van der Waals surface area contributed by atoms with E-state index < -0.39 is 0 Å². The molecule has 4 nitrogen and oxygen atoms in total. The Morgan fingerprint density at radius 3 is 2.76 bits per heavy atom. The molecule has 3 rings (SSSR count). The van der Waals surface area contributed by atoms with Gasteiger partial charge in [0.05, 0.1) is 12.8 Å². The lowest BCUT2D eigenvalue weighted by Crippen LogP contribution is -2.07. The van der Waals surface area contributed by atoms with E-state index in [9.17, 15) is 4.79 Å². The number of ether oxygens (including phenoxy) is 1. The van der Waals surface area contributed by atoms with Crippen molar-refractivity contribution < 1.29 is 9.53 Å². The molecule has 126 valence electrons. The first-order valence-corrected chi connectivity index (χ1v) is 8.68. The first-order valence-electron chi connectivity index (χ1n) is 7.80. The number of nitrogens with zero attached hydrogens (tertiary/aromatic N) is 1. The fourth-order valence-corrected chi connectivity index (χ4v) is 2.97. The molecule has 1 aromatic heterocycles. The van der Waals surface area contributed by atoms with Gasteiger partial charge in [-0.1, -0.05) is 42.0 Å². The van der Waals surface area contributed by atoms with Crippen molar-refractivity contribution in [2.45, 2.75) is 6.92 Å². The fraction of sp³-hybridized carbons (Fsp3) is 0.100. The first-order chi connectivity index (χ1) is 12.1. The van der Waals surface area contributed by atoms with Crippen molar-refractivity contribution in [1.29, 1.82) is 0 Å². The minimum Gasteiger partial charge on any atom is -0.497 e. The zero-order chi connectivity index (χ0) is 17.6. The Kier molecular flexibility index (Phi) is 5.26. The maximum atomic E-state index is 12.0. The van der Waals surface area contributed by atoms with Crippen molar-refractivity contribution >= 4 is 28.5 Å². The van der Waals surface area contributed by atoms with Crippen LogP contribution >= 0.6 is 11.3 Å². The van der Waals surface area contributed by atoms with Crippen LogP contribution in [-0.4, -0.2) is 18.0 Å². The zero-order valence-corrected chi connectivity index (χ0v) is 14.8. The number of carbonyl (C=O) groups is 1. The lowest BCUT2D eigenvalue weighted by Gasteiger charge is -2.01. The molecular weight excluding hydrogens is 332 g/mol. The Bertz CT molecular complexity index is 898. The van der Waals surface area contributed by atoms with Crippen molar-refractivity contribution in [3.8, 4) is 17.0 Å². The average molecular weight is 350 g/mol. The van der Waals surface area contributed by atoms with Crippen LogP contribution in [0.3, 0.4) is 0 Å². The number of amides is 1. The molecule has 0 unspecified atom stereocenters. The molecule has 0 atom stereocenters. The lowest BCUT2D eigenvalue weighted by atomic mass is 10.1. The summed E-state index contributed by atoms with van der Waals surface area (Å²) in [4.78, 5) is 16.5. The second-order valence-corrected chi connectivity index (χ2v) is 6.36. The monoisotopic (exact) mass is 350 g/mol. The standard InChI is InChI=1S/C20H18N2O2S/c1-14-6-8-15(9-7-14)10-11-19(23)22-20-21-18(13-25-20)16-4-3-5-17(12-16)24-2/h3-13H,1-2H3,(H,21,22,23). The van der Waals surface area contributed by atoms with Crippen LogP contribution in [0.2, 0.25) is 0 Å². The second-order valence-electron chi connectivity index (χ2n) is 5.50. The highest BCUT2D eigenvalue weighted by molar-refractivity contribution is 7.14. The van der Waals surface area contributed by atoms with Gasteiger partial charge in [-0.05, 0) is 30.7 Å². The summed E-state index contributed by atoms with van der Waals surface area (Å²) in [5.74, 6) is 0.573. The molecule has 0 saturated carbocycles. The lowest BCUT2D eigenvalue weighted by molar-refractivity contribution is -0.111. The maximum absolute atomic E-state index is 12.0. The predicted molar refractivity (Wildman–Crippen MR) is 103 cm³/mol. The molecule has 0 aliphatic rings. The number of methoxy groups -OCH3 is 1. The summed E-state index contributed by atoms with van der Waals surface area (Å²) in [5.41, 5.74) is 3.93. The van der Waals surface area contributed by atoms with Gasteiger partial charge in [-0.15, -0.1) is 11.3 Å². The Hall–Kier alpha value is -2.92. The van der Waals surface area contributed by atoms with Crippen LogP contribution in [0.15, 0.2) is 60.0 Å². The number of anilines is 1. The summed E-state index contributed by atoms with van der Waals surface area (Å²) in [6.45, 7) is 2.03. The van der Waals surface area contributed by atoms with Gasteiger partial charge in [0, 0.05) is 17.0 Å². The highest BCUT2D eigenvalue weighted by Gasteiger charge is 2.07. The molecule has 0 saturated heterocycles. The Morgan fingerprint density at radius 2 is 2.00 bits per heavy atom. The second kappa shape index (κ2) is 7.77. The van der Waals surface area contributed by atoms with E-state index in [2.05, 4.69) is 10.3 Å². The molecule has 3 aromatic rings. The number of nitrogens with one attached hydrogen (secondary N) is 1. The van der Waals surface area contributed by atoms with Gasteiger partial charge in [0.2, 0.25) is 5.91 Å². The summed E-state index contributed by atoms with van der Waals surface area (Å²) in [6, 6.07) is 15.6. The van der Waals surface area contributed by atoms with Crippen molar-refractivity contribution in [3.63, 3.8) is 0 Å². The van der Waals surface area contributed by atoms with Gasteiger partial charge in [0.15, 0.2) is 5.13 Å². The summed E-state index contributed by atoms with van der Waals surface area (Å²) in [5, 5.41) is 5.27. The third kappa shape index (κ3) is 4.55. The fourth-order valence-electron chi connectivity index (χ4n) is 2.24. The zero-order valence-electron chi connectivity index (χ0n) is 14.0. The number of hydrogen-bond acceptors (Lipinski definition) is 4. The number of rotatable bonds is 5. The minimum absolute atomic E-state index is 0.202. The minimum atomic E-state index is -0.202. The molecule has 0 aliphatic heterocycles. The molecule has 1 amide bonds. The molecule has 0 fully saturated rings. The summed E-state index contributed by atoms with van der Waals surface area (Å²) >= 11 is 1.39. The van der Waals surface area contributed by atoms with Gasteiger partial charge in [-0.3, -0.25) is 10.1 Å². The van der Waals surface area contributed by atoms with Crippen LogP contribution in [0.5, 0.6) is 5.75 Å². The molecule has 5 heteroatoms. The van der Waals surface area contributed by atoms with Gasteiger partial charge in [0.1, 0.15) is 5.75 Å². The molecule has 2 aromatic carbocycles. The SMILES string of the molecule is COc1cccc(-c2csc(NC(=O)C=Cc3ccc(C)cc3)n2)c1. The van der Waals surface area contributed by atoms with E-state index in [0.717, 1.165) is 22.6 Å². The maximum Gasteiger partial charge on any atom is 0.250 e. The van der Waals surface area contributed by atoms with Crippen LogP contribution in [0.1, 0.15) is 11.1 Å². The van der Waals surface area contributed by atoms with E-state index in [1.54, 1.807) is 13.2 Å². The number of aromatic nitrogens is 1. The Labute approximate surface area is 150 Å². The van der Waals surface area contributed by atoms with Crippen LogP contribution in [-0.2, 0) is 4.79 Å². The topological polar surface area (TPSA) is 51.2 Å². The van der Waals surface area contributed by atoms with E-state index >= 15 is 0 Å². The Morgan fingerprint density at radius 1 is 1.20 bits per heavy atom. The normalized spacial score (nSPS) is 10.8. The third-order valence-electron chi connectivity index (χ3n) is 3.60. The smallest absolute Gasteiger partial charge is 0.250 e. The van der Waals surface area contributed by atoms with Gasteiger partial charge < -0.3 is 4.74 Å². The molecule has 25 heavy (non-hydrogen) atoms. The molecule has 0 bridgehead atoms. The molecular formula is C20H18N2O2S. The van der Waals surface area contributed by atoms with E-state index in [4.69, 9.17) is 4.74 Å². The number of hydrogen-bond donors (Lipinski definition) is 1. The molecule has 1 N–H and O–H groups in total. The number of thiazole rings is 1.